The Bertz CT molecular complexity index is 748. The van der Waals surface area contributed by atoms with Gasteiger partial charge in [0.25, 0.3) is 0 Å². The summed E-state index contributed by atoms with van der Waals surface area (Å²) in [5.41, 5.74) is 0.961. The van der Waals surface area contributed by atoms with E-state index in [1.54, 1.807) is 0 Å². The van der Waals surface area contributed by atoms with E-state index in [9.17, 15) is 13.2 Å². The fourth-order valence-electron chi connectivity index (χ4n) is 3.23. The molecule has 0 bridgehead atoms. The zero-order chi connectivity index (χ0) is 18.0. The Morgan fingerprint density at radius 1 is 1.24 bits per heavy atom. The average molecular weight is 432 g/mol. The van der Waals surface area contributed by atoms with E-state index in [1.165, 1.54) is 10.6 Å². The fourth-order valence-corrected chi connectivity index (χ4v) is 4.49. The van der Waals surface area contributed by atoms with E-state index in [0.717, 1.165) is 15.8 Å². The van der Waals surface area contributed by atoms with Crippen molar-refractivity contribution in [3.63, 3.8) is 0 Å². The van der Waals surface area contributed by atoms with Gasteiger partial charge in [0, 0.05) is 35.6 Å². The molecule has 9 heteroatoms. The molecule has 2 aliphatic rings. The van der Waals surface area contributed by atoms with Gasteiger partial charge < -0.3 is 15.4 Å². The number of carbonyl (C=O) groups is 1. The molecule has 25 heavy (non-hydrogen) atoms. The van der Waals surface area contributed by atoms with Gasteiger partial charge in [0.05, 0.1) is 18.9 Å². The number of nitrogens with zero attached hydrogens (tertiary/aromatic N) is 1. The molecule has 0 aliphatic carbocycles. The summed E-state index contributed by atoms with van der Waals surface area (Å²) in [5, 5.41) is 5.97. The summed E-state index contributed by atoms with van der Waals surface area (Å²) in [6.45, 7) is 1.44. The Hall–Kier alpha value is -1.32. The molecule has 1 aromatic rings. The lowest BCUT2D eigenvalue weighted by molar-refractivity contribution is 0.214. The fraction of sp³-hybridized carbons (Fsp3) is 0.562. The lowest BCUT2D eigenvalue weighted by Crippen LogP contribution is -2.49. The molecule has 0 aromatic heterocycles. The zero-order valence-electron chi connectivity index (χ0n) is 14.0. The maximum atomic E-state index is 12.3. The number of hydrogen-bond acceptors (Lipinski definition) is 4. The standard InChI is InChI=1S/C16H22BrN3O4S/c1-25(22,23)20-7-4-12(5-8-20)18-16(21)19-14-6-9-24-15-3-2-11(17)10-13(14)15/h2-3,10,12,14H,4-9H2,1H3,(H2,18,19,21). The molecule has 2 heterocycles. The third kappa shape index (κ3) is 4.65. The smallest absolute Gasteiger partial charge is 0.315 e. The molecule has 1 fully saturated rings. The number of carbonyl (C=O) groups excluding carboxylic acids is 1. The van der Waals surface area contributed by atoms with Crippen LogP contribution in [0.1, 0.15) is 30.9 Å². The minimum Gasteiger partial charge on any atom is -0.493 e. The molecule has 7 nitrogen and oxygen atoms in total. The van der Waals surface area contributed by atoms with Gasteiger partial charge in [-0.15, -0.1) is 0 Å². The number of halogens is 1. The first-order valence-electron chi connectivity index (χ1n) is 8.27. The van der Waals surface area contributed by atoms with Crippen LogP contribution in [0.5, 0.6) is 5.75 Å². The predicted molar refractivity (Wildman–Crippen MR) is 98.1 cm³/mol. The molecule has 0 radical (unpaired) electrons. The highest BCUT2D eigenvalue weighted by Crippen LogP contribution is 2.34. The third-order valence-corrected chi connectivity index (χ3v) is 6.37. The molecular weight excluding hydrogens is 410 g/mol. The first-order valence-corrected chi connectivity index (χ1v) is 10.9. The van der Waals surface area contributed by atoms with Crippen LogP contribution in [0, 0.1) is 0 Å². The van der Waals surface area contributed by atoms with Crippen molar-refractivity contribution in [1.82, 2.24) is 14.9 Å². The number of nitrogens with one attached hydrogen (secondary N) is 2. The van der Waals surface area contributed by atoms with Crippen molar-refractivity contribution < 1.29 is 17.9 Å². The minimum absolute atomic E-state index is 0.0141. The van der Waals surface area contributed by atoms with E-state index < -0.39 is 10.0 Å². The third-order valence-electron chi connectivity index (χ3n) is 4.57. The number of ether oxygens (including phenoxy) is 1. The highest BCUT2D eigenvalue weighted by molar-refractivity contribution is 9.10. The summed E-state index contributed by atoms with van der Waals surface area (Å²) < 4.78 is 31.1. The second-order valence-electron chi connectivity index (χ2n) is 6.43. The largest absolute Gasteiger partial charge is 0.493 e. The van der Waals surface area contributed by atoms with Crippen LogP contribution in [-0.4, -0.2) is 50.7 Å². The Balaban J connectivity index is 1.55. The molecule has 3 rings (SSSR count). The van der Waals surface area contributed by atoms with Gasteiger partial charge in [0.1, 0.15) is 5.75 Å². The molecule has 138 valence electrons. The summed E-state index contributed by atoms with van der Waals surface area (Å²) in [5.74, 6) is 0.793. The van der Waals surface area contributed by atoms with Crippen LogP contribution in [0.25, 0.3) is 0 Å². The maximum Gasteiger partial charge on any atom is 0.315 e. The topological polar surface area (TPSA) is 87.7 Å². The van der Waals surface area contributed by atoms with Crippen LogP contribution < -0.4 is 15.4 Å². The van der Waals surface area contributed by atoms with Gasteiger partial charge >= 0.3 is 6.03 Å². The summed E-state index contributed by atoms with van der Waals surface area (Å²) >= 11 is 3.45. The van der Waals surface area contributed by atoms with Crippen molar-refractivity contribution in [3.8, 4) is 5.75 Å². The van der Waals surface area contributed by atoms with E-state index in [2.05, 4.69) is 26.6 Å². The Labute approximate surface area is 156 Å². The molecule has 1 saturated heterocycles. The lowest BCUT2D eigenvalue weighted by atomic mass is 10.0. The number of sulfonamides is 1. The normalized spacial score (nSPS) is 21.9. The van der Waals surface area contributed by atoms with Crippen LogP contribution >= 0.6 is 15.9 Å². The van der Waals surface area contributed by atoms with Gasteiger partial charge in [-0.05, 0) is 31.0 Å². The minimum atomic E-state index is -3.15. The Morgan fingerprint density at radius 2 is 1.96 bits per heavy atom. The van der Waals surface area contributed by atoms with Gasteiger partial charge in [-0.1, -0.05) is 15.9 Å². The molecule has 1 unspecified atom stereocenters. The quantitative estimate of drug-likeness (QED) is 0.765. The zero-order valence-corrected chi connectivity index (χ0v) is 16.4. The molecule has 1 atom stereocenters. The van der Waals surface area contributed by atoms with E-state index in [-0.39, 0.29) is 18.1 Å². The van der Waals surface area contributed by atoms with Gasteiger partial charge in [-0.2, -0.15) is 0 Å². The van der Waals surface area contributed by atoms with Crippen molar-refractivity contribution in [2.45, 2.75) is 31.3 Å². The monoisotopic (exact) mass is 431 g/mol. The lowest BCUT2D eigenvalue weighted by Gasteiger charge is -2.32. The first-order chi connectivity index (χ1) is 11.8. The van der Waals surface area contributed by atoms with Gasteiger partial charge in [-0.25, -0.2) is 17.5 Å². The highest BCUT2D eigenvalue weighted by atomic mass is 79.9. The number of hydrogen-bond donors (Lipinski definition) is 2. The number of benzene rings is 1. The second kappa shape index (κ2) is 7.51. The molecule has 2 amide bonds. The Kier molecular flexibility index (Phi) is 5.55. The van der Waals surface area contributed by atoms with Crippen LogP contribution in [0.15, 0.2) is 22.7 Å². The molecule has 2 aliphatic heterocycles. The second-order valence-corrected chi connectivity index (χ2v) is 9.32. The first kappa shape index (κ1) is 18.5. The SMILES string of the molecule is CS(=O)(=O)N1CCC(NC(=O)NC2CCOc3ccc(Br)cc32)CC1. The van der Waals surface area contributed by atoms with Crippen molar-refractivity contribution in [2.24, 2.45) is 0 Å². The van der Waals surface area contributed by atoms with Crippen LogP contribution in [0.4, 0.5) is 4.79 Å². The van der Waals surface area contributed by atoms with Crippen LogP contribution in [0.2, 0.25) is 0 Å². The van der Waals surface area contributed by atoms with Gasteiger partial charge in [0.15, 0.2) is 0 Å². The Morgan fingerprint density at radius 3 is 2.64 bits per heavy atom. The molecule has 2 N–H and O–H groups in total. The van der Waals surface area contributed by atoms with Crippen molar-refractivity contribution in [3.05, 3.63) is 28.2 Å². The van der Waals surface area contributed by atoms with Crippen LogP contribution in [-0.2, 0) is 10.0 Å². The molecule has 0 saturated carbocycles. The van der Waals surface area contributed by atoms with Crippen molar-refractivity contribution in [1.29, 1.82) is 0 Å². The predicted octanol–water partition coefficient (Wildman–Crippen LogP) is 2.00. The summed E-state index contributed by atoms with van der Waals surface area (Å²) in [4.78, 5) is 12.3. The number of amides is 2. The summed E-state index contributed by atoms with van der Waals surface area (Å²) in [6, 6.07) is 5.43. The number of urea groups is 1. The number of rotatable bonds is 3. The molecule has 0 spiro atoms. The van der Waals surface area contributed by atoms with Gasteiger partial charge in [0.2, 0.25) is 10.0 Å². The summed E-state index contributed by atoms with van der Waals surface area (Å²) in [6.07, 6.45) is 3.17. The van der Waals surface area contributed by atoms with E-state index in [4.69, 9.17) is 4.74 Å². The van der Waals surface area contributed by atoms with E-state index in [1.807, 2.05) is 18.2 Å². The number of piperidine rings is 1. The highest BCUT2D eigenvalue weighted by Gasteiger charge is 2.27. The average Bonchev–Trinajstić information content (AvgIpc) is 2.55. The van der Waals surface area contributed by atoms with Crippen molar-refractivity contribution >= 4 is 32.0 Å². The van der Waals surface area contributed by atoms with Crippen molar-refractivity contribution in [2.75, 3.05) is 26.0 Å². The molecular formula is C16H22BrN3O4S. The van der Waals surface area contributed by atoms with E-state index >= 15 is 0 Å². The molecule has 1 aromatic carbocycles. The van der Waals surface area contributed by atoms with E-state index in [0.29, 0.717) is 39.0 Å². The maximum absolute atomic E-state index is 12.3. The number of fused-ring (bicyclic) bond motifs is 1. The summed E-state index contributed by atoms with van der Waals surface area (Å²) in [7, 11) is -3.15. The van der Waals surface area contributed by atoms with Gasteiger partial charge in [-0.3, -0.25) is 0 Å². The van der Waals surface area contributed by atoms with Crippen LogP contribution in [0.3, 0.4) is 0 Å².